The lowest BCUT2D eigenvalue weighted by Crippen LogP contribution is -1.86. The van der Waals surface area contributed by atoms with Gasteiger partial charge >= 0.3 is 0 Å². The Labute approximate surface area is 167 Å². The van der Waals surface area contributed by atoms with Crippen LogP contribution in [0.1, 0.15) is 0 Å². The van der Waals surface area contributed by atoms with Gasteiger partial charge in [-0.2, -0.15) is 0 Å². The van der Waals surface area contributed by atoms with Crippen LogP contribution in [0.25, 0.3) is 65.2 Å². The van der Waals surface area contributed by atoms with Crippen molar-refractivity contribution in [2.45, 2.75) is 0 Å². The molecular weight excluding hydrogens is 352 g/mol. The van der Waals surface area contributed by atoms with Crippen LogP contribution < -0.4 is 0 Å². The summed E-state index contributed by atoms with van der Waals surface area (Å²) < 4.78 is 2.33. The van der Waals surface area contributed by atoms with Gasteiger partial charge in [0.15, 0.2) is 0 Å². The van der Waals surface area contributed by atoms with Crippen molar-refractivity contribution in [3.05, 3.63) is 84.9 Å². The molecule has 0 atom stereocenters. The van der Waals surface area contributed by atoms with E-state index in [0.717, 1.165) is 0 Å². The molecule has 5 aromatic carbocycles. The SMILES string of the molecule is Cn1c2ccc3cc4ccccc4cc3c2c2c3c(ccc21)[nH]c1ccccc13. The van der Waals surface area contributed by atoms with Gasteiger partial charge in [0, 0.05) is 50.7 Å². The number of benzene rings is 5. The summed E-state index contributed by atoms with van der Waals surface area (Å²) in [6.07, 6.45) is 0. The van der Waals surface area contributed by atoms with Gasteiger partial charge in [0.2, 0.25) is 0 Å². The van der Waals surface area contributed by atoms with Crippen molar-refractivity contribution >= 4 is 65.2 Å². The first-order chi connectivity index (χ1) is 14.3. The predicted molar refractivity (Wildman–Crippen MR) is 125 cm³/mol. The zero-order chi connectivity index (χ0) is 19.1. The van der Waals surface area contributed by atoms with Crippen LogP contribution in [-0.4, -0.2) is 9.55 Å². The monoisotopic (exact) mass is 370 g/mol. The third-order valence-electron chi connectivity index (χ3n) is 6.49. The van der Waals surface area contributed by atoms with Crippen molar-refractivity contribution in [2.24, 2.45) is 7.05 Å². The molecule has 7 rings (SSSR count). The van der Waals surface area contributed by atoms with E-state index in [1.807, 2.05) is 0 Å². The molecule has 2 heterocycles. The fraction of sp³-hybridized carbons (Fsp3) is 0.0370. The molecule has 0 radical (unpaired) electrons. The lowest BCUT2D eigenvalue weighted by atomic mass is 9.98. The van der Waals surface area contributed by atoms with Gasteiger partial charge in [0.25, 0.3) is 0 Å². The molecule has 7 aromatic rings. The number of hydrogen-bond acceptors (Lipinski definition) is 0. The summed E-state index contributed by atoms with van der Waals surface area (Å²) in [6, 6.07) is 30.9. The maximum Gasteiger partial charge on any atom is 0.0496 e. The Morgan fingerprint density at radius 1 is 0.552 bits per heavy atom. The highest BCUT2D eigenvalue weighted by Gasteiger charge is 2.17. The number of para-hydroxylation sites is 1. The van der Waals surface area contributed by atoms with Gasteiger partial charge in [-0.1, -0.05) is 48.5 Å². The minimum Gasteiger partial charge on any atom is -0.354 e. The van der Waals surface area contributed by atoms with Gasteiger partial charge in [0.1, 0.15) is 0 Å². The Hall–Kier alpha value is -3.78. The average Bonchev–Trinajstić information content (AvgIpc) is 3.28. The highest BCUT2D eigenvalue weighted by atomic mass is 14.9. The first-order valence-corrected chi connectivity index (χ1v) is 10.0. The van der Waals surface area contributed by atoms with Crippen LogP contribution in [0.15, 0.2) is 84.9 Å². The fourth-order valence-electron chi connectivity index (χ4n) is 5.14. The Kier molecular flexibility index (Phi) is 2.71. The first kappa shape index (κ1) is 15.2. The first-order valence-electron chi connectivity index (χ1n) is 10.0. The number of fused-ring (bicyclic) bond motifs is 10. The maximum atomic E-state index is 3.61. The highest BCUT2D eigenvalue weighted by molar-refractivity contribution is 6.33. The van der Waals surface area contributed by atoms with E-state index in [1.165, 1.54) is 65.2 Å². The Morgan fingerprint density at radius 3 is 2.17 bits per heavy atom. The Morgan fingerprint density at radius 2 is 1.28 bits per heavy atom. The summed E-state index contributed by atoms with van der Waals surface area (Å²) >= 11 is 0. The number of H-pyrrole nitrogens is 1. The summed E-state index contributed by atoms with van der Waals surface area (Å²) in [5, 5.41) is 10.5. The van der Waals surface area contributed by atoms with Gasteiger partial charge in [-0.3, -0.25) is 0 Å². The molecule has 0 amide bonds. The molecule has 2 heteroatoms. The van der Waals surface area contributed by atoms with E-state index in [4.69, 9.17) is 0 Å². The van der Waals surface area contributed by atoms with Crippen LogP contribution in [0.2, 0.25) is 0 Å². The van der Waals surface area contributed by atoms with Crippen LogP contribution in [0.5, 0.6) is 0 Å². The van der Waals surface area contributed by atoms with E-state index in [9.17, 15) is 0 Å². The summed E-state index contributed by atoms with van der Waals surface area (Å²) in [5.74, 6) is 0. The van der Waals surface area contributed by atoms with E-state index < -0.39 is 0 Å². The topological polar surface area (TPSA) is 20.7 Å². The number of rotatable bonds is 0. The Balaban J connectivity index is 1.83. The number of nitrogens with one attached hydrogen (secondary N) is 1. The van der Waals surface area contributed by atoms with Gasteiger partial charge in [0.05, 0.1) is 0 Å². The predicted octanol–water partition coefficient (Wildman–Crippen LogP) is 7.27. The number of aromatic amines is 1. The normalized spacial score (nSPS) is 12.3. The molecule has 2 aromatic heterocycles. The van der Waals surface area contributed by atoms with Crippen molar-refractivity contribution in [1.29, 1.82) is 0 Å². The van der Waals surface area contributed by atoms with Gasteiger partial charge < -0.3 is 9.55 Å². The van der Waals surface area contributed by atoms with Gasteiger partial charge in [-0.05, 0) is 57.9 Å². The average molecular weight is 370 g/mol. The molecule has 0 aliphatic rings. The van der Waals surface area contributed by atoms with Crippen molar-refractivity contribution in [2.75, 3.05) is 0 Å². The van der Waals surface area contributed by atoms with Crippen molar-refractivity contribution in [3.63, 3.8) is 0 Å². The highest BCUT2D eigenvalue weighted by Crippen LogP contribution is 2.41. The quantitative estimate of drug-likeness (QED) is 0.271. The smallest absolute Gasteiger partial charge is 0.0496 e. The third kappa shape index (κ3) is 1.86. The summed E-state index contributed by atoms with van der Waals surface area (Å²) in [4.78, 5) is 3.61. The summed E-state index contributed by atoms with van der Waals surface area (Å²) in [5.41, 5.74) is 4.94. The van der Waals surface area contributed by atoms with Crippen LogP contribution in [-0.2, 0) is 7.05 Å². The zero-order valence-corrected chi connectivity index (χ0v) is 16.0. The second kappa shape index (κ2) is 5.18. The molecule has 0 aliphatic heterocycles. The van der Waals surface area contributed by atoms with Crippen molar-refractivity contribution in [1.82, 2.24) is 9.55 Å². The number of nitrogens with zero attached hydrogens (tertiary/aromatic N) is 1. The zero-order valence-electron chi connectivity index (χ0n) is 16.0. The fourth-order valence-corrected chi connectivity index (χ4v) is 5.14. The van der Waals surface area contributed by atoms with E-state index in [0.29, 0.717) is 0 Å². The molecule has 0 spiro atoms. The standard InChI is InChI=1S/C27H18N2/c1-29-23-12-10-18-14-16-6-2-3-7-17(16)15-20(18)26(23)27-24(29)13-11-22-25(27)19-8-4-5-9-21(19)28-22/h2-15,28H,1H3. The van der Waals surface area contributed by atoms with Crippen LogP contribution in [0, 0.1) is 0 Å². The van der Waals surface area contributed by atoms with Crippen LogP contribution in [0.4, 0.5) is 0 Å². The molecule has 0 aliphatic carbocycles. The molecule has 0 unspecified atom stereocenters. The van der Waals surface area contributed by atoms with Crippen LogP contribution >= 0.6 is 0 Å². The molecule has 0 fully saturated rings. The summed E-state index contributed by atoms with van der Waals surface area (Å²) in [6.45, 7) is 0. The maximum absolute atomic E-state index is 3.61. The largest absolute Gasteiger partial charge is 0.354 e. The number of hydrogen-bond donors (Lipinski definition) is 1. The minimum absolute atomic E-state index is 1.19. The molecule has 29 heavy (non-hydrogen) atoms. The van der Waals surface area contributed by atoms with Crippen molar-refractivity contribution in [3.8, 4) is 0 Å². The molecule has 0 saturated heterocycles. The third-order valence-corrected chi connectivity index (χ3v) is 6.49. The lowest BCUT2D eigenvalue weighted by molar-refractivity contribution is 1.02. The van der Waals surface area contributed by atoms with E-state index in [-0.39, 0.29) is 0 Å². The van der Waals surface area contributed by atoms with Gasteiger partial charge in [-0.15, -0.1) is 0 Å². The molecule has 1 N–H and O–H groups in total. The van der Waals surface area contributed by atoms with E-state index in [1.54, 1.807) is 0 Å². The lowest BCUT2D eigenvalue weighted by Gasteiger charge is -2.05. The molecule has 2 nitrogen and oxygen atoms in total. The molecule has 136 valence electrons. The van der Waals surface area contributed by atoms with Crippen molar-refractivity contribution < 1.29 is 0 Å². The second-order valence-electron chi connectivity index (χ2n) is 7.99. The van der Waals surface area contributed by atoms with Crippen LogP contribution in [0.3, 0.4) is 0 Å². The molecular formula is C27H18N2. The molecule has 0 bridgehead atoms. The summed E-state index contributed by atoms with van der Waals surface area (Å²) in [7, 11) is 2.18. The van der Waals surface area contributed by atoms with E-state index >= 15 is 0 Å². The number of aryl methyl sites for hydroxylation is 1. The van der Waals surface area contributed by atoms with Gasteiger partial charge in [-0.25, -0.2) is 0 Å². The molecule has 0 saturated carbocycles. The minimum atomic E-state index is 1.19. The Bertz CT molecular complexity index is 1760. The number of aromatic nitrogens is 2. The second-order valence-corrected chi connectivity index (χ2v) is 7.99. The van der Waals surface area contributed by atoms with E-state index in [2.05, 4.69) is 102 Å².